The van der Waals surface area contributed by atoms with Crippen molar-refractivity contribution in [1.29, 1.82) is 0 Å². The van der Waals surface area contributed by atoms with E-state index in [1.165, 1.54) is 18.4 Å². The van der Waals surface area contributed by atoms with Crippen LogP contribution in [0.5, 0.6) is 0 Å². The SMILES string of the molecule is Cc1cccc(NC(C(N)=O)c2cccc(C3CC3)c2)c1. The maximum Gasteiger partial charge on any atom is 0.244 e. The van der Waals surface area contributed by atoms with Crippen LogP contribution in [0.2, 0.25) is 0 Å². The van der Waals surface area contributed by atoms with Gasteiger partial charge in [0.15, 0.2) is 0 Å². The van der Waals surface area contributed by atoms with Crippen molar-refractivity contribution in [3.63, 3.8) is 0 Å². The molecular formula is C18H20N2O. The van der Waals surface area contributed by atoms with Crippen LogP contribution in [0.4, 0.5) is 5.69 Å². The molecule has 2 aromatic carbocycles. The zero-order valence-electron chi connectivity index (χ0n) is 12.2. The van der Waals surface area contributed by atoms with Crippen molar-refractivity contribution < 1.29 is 4.79 Å². The molecule has 0 heterocycles. The van der Waals surface area contributed by atoms with Crippen LogP contribution in [0, 0.1) is 6.92 Å². The maximum atomic E-state index is 11.8. The second-order valence-corrected chi connectivity index (χ2v) is 5.79. The van der Waals surface area contributed by atoms with E-state index in [2.05, 4.69) is 17.4 Å². The molecule has 1 aliphatic carbocycles. The van der Waals surface area contributed by atoms with Crippen molar-refractivity contribution in [3.8, 4) is 0 Å². The number of aryl methyl sites for hydroxylation is 1. The monoisotopic (exact) mass is 280 g/mol. The van der Waals surface area contributed by atoms with Crippen molar-refractivity contribution in [2.45, 2.75) is 31.7 Å². The number of carbonyl (C=O) groups excluding carboxylic acids is 1. The molecule has 2 aromatic rings. The number of rotatable bonds is 5. The highest BCUT2D eigenvalue weighted by molar-refractivity contribution is 5.84. The van der Waals surface area contributed by atoms with Gasteiger partial charge in [0, 0.05) is 5.69 Å². The minimum Gasteiger partial charge on any atom is -0.370 e. The quantitative estimate of drug-likeness (QED) is 0.880. The summed E-state index contributed by atoms with van der Waals surface area (Å²) in [6.45, 7) is 2.03. The molecule has 0 aromatic heterocycles. The number of hydrogen-bond donors (Lipinski definition) is 2. The largest absolute Gasteiger partial charge is 0.370 e. The normalized spacial score (nSPS) is 15.5. The first-order valence-electron chi connectivity index (χ1n) is 7.36. The molecule has 21 heavy (non-hydrogen) atoms. The fraction of sp³-hybridized carbons (Fsp3) is 0.278. The minimum atomic E-state index is -0.495. The number of primary amides is 1. The van der Waals surface area contributed by atoms with Gasteiger partial charge in [0.1, 0.15) is 6.04 Å². The predicted octanol–water partition coefficient (Wildman–Crippen LogP) is 3.51. The third-order valence-corrected chi connectivity index (χ3v) is 3.91. The highest BCUT2D eigenvalue weighted by Crippen LogP contribution is 2.40. The lowest BCUT2D eigenvalue weighted by Gasteiger charge is -2.18. The van der Waals surface area contributed by atoms with Gasteiger partial charge in [-0.3, -0.25) is 4.79 Å². The molecule has 1 atom stereocenters. The second-order valence-electron chi connectivity index (χ2n) is 5.79. The van der Waals surface area contributed by atoms with E-state index >= 15 is 0 Å². The topological polar surface area (TPSA) is 55.1 Å². The lowest BCUT2D eigenvalue weighted by Crippen LogP contribution is -2.27. The molecule has 1 unspecified atom stereocenters. The second kappa shape index (κ2) is 5.60. The number of nitrogens with one attached hydrogen (secondary N) is 1. The van der Waals surface area contributed by atoms with E-state index in [4.69, 9.17) is 5.73 Å². The molecule has 3 nitrogen and oxygen atoms in total. The van der Waals surface area contributed by atoms with Gasteiger partial charge in [-0.15, -0.1) is 0 Å². The molecule has 0 bridgehead atoms. The van der Waals surface area contributed by atoms with E-state index in [1.807, 2.05) is 43.3 Å². The predicted molar refractivity (Wildman–Crippen MR) is 85.2 cm³/mol. The number of nitrogens with two attached hydrogens (primary N) is 1. The molecule has 1 aliphatic rings. The summed E-state index contributed by atoms with van der Waals surface area (Å²) in [6.07, 6.45) is 2.49. The molecule has 0 saturated heterocycles. The molecular weight excluding hydrogens is 260 g/mol. The lowest BCUT2D eigenvalue weighted by atomic mass is 10.0. The van der Waals surface area contributed by atoms with Gasteiger partial charge in [0.05, 0.1) is 0 Å². The van der Waals surface area contributed by atoms with Gasteiger partial charge < -0.3 is 11.1 Å². The maximum absolute atomic E-state index is 11.8. The first-order valence-corrected chi connectivity index (χ1v) is 7.36. The van der Waals surface area contributed by atoms with E-state index in [-0.39, 0.29) is 5.91 Å². The zero-order valence-corrected chi connectivity index (χ0v) is 12.2. The van der Waals surface area contributed by atoms with E-state index < -0.39 is 6.04 Å². The number of benzene rings is 2. The zero-order chi connectivity index (χ0) is 14.8. The van der Waals surface area contributed by atoms with Gasteiger partial charge >= 0.3 is 0 Å². The molecule has 0 radical (unpaired) electrons. The minimum absolute atomic E-state index is 0.357. The van der Waals surface area contributed by atoms with Crippen LogP contribution < -0.4 is 11.1 Å². The molecule has 3 N–H and O–H groups in total. The van der Waals surface area contributed by atoms with Crippen molar-refractivity contribution >= 4 is 11.6 Å². The first kappa shape index (κ1) is 13.7. The molecule has 1 saturated carbocycles. The van der Waals surface area contributed by atoms with Crippen LogP contribution in [0.15, 0.2) is 48.5 Å². The van der Waals surface area contributed by atoms with Crippen molar-refractivity contribution in [2.24, 2.45) is 5.73 Å². The number of amides is 1. The third kappa shape index (κ3) is 3.24. The summed E-state index contributed by atoms with van der Waals surface area (Å²) in [4.78, 5) is 11.8. The Kier molecular flexibility index (Phi) is 3.65. The van der Waals surface area contributed by atoms with Gasteiger partial charge in [-0.1, -0.05) is 36.4 Å². The Balaban J connectivity index is 1.87. The molecule has 0 spiro atoms. The van der Waals surface area contributed by atoms with Crippen molar-refractivity contribution in [1.82, 2.24) is 0 Å². The number of anilines is 1. The smallest absolute Gasteiger partial charge is 0.244 e. The van der Waals surface area contributed by atoms with Gasteiger partial charge in [-0.05, 0) is 54.5 Å². The molecule has 3 heteroatoms. The van der Waals surface area contributed by atoms with Gasteiger partial charge in [0.25, 0.3) is 0 Å². The first-order chi connectivity index (χ1) is 10.1. The van der Waals surface area contributed by atoms with Gasteiger partial charge in [0.2, 0.25) is 5.91 Å². The summed E-state index contributed by atoms with van der Waals surface area (Å²) in [5, 5.41) is 3.25. The van der Waals surface area contributed by atoms with Gasteiger partial charge in [-0.2, -0.15) is 0 Å². The summed E-state index contributed by atoms with van der Waals surface area (Å²) in [5.41, 5.74) is 9.90. The van der Waals surface area contributed by atoms with E-state index in [9.17, 15) is 4.79 Å². The summed E-state index contributed by atoms with van der Waals surface area (Å²) < 4.78 is 0. The van der Waals surface area contributed by atoms with Crippen molar-refractivity contribution in [3.05, 3.63) is 65.2 Å². The summed E-state index contributed by atoms with van der Waals surface area (Å²) in [5.74, 6) is 0.307. The molecule has 1 fully saturated rings. The third-order valence-electron chi connectivity index (χ3n) is 3.91. The van der Waals surface area contributed by atoms with Crippen LogP contribution in [-0.2, 0) is 4.79 Å². The van der Waals surface area contributed by atoms with Crippen LogP contribution in [0.1, 0.15) is 41.5 Å². The van der Waals surface area contributed by atoms with Crippen molar-refractivity contribution in [2.75, 3.05) is 5.32 Å². The highest BCUT2D eigenvalue weighted by Gasteiger charge is 2.25. The van der Waals surface area contributed by atoms with Crippen LogP contribution in [-0.4, -0.2) is 5.91 Å². The summed E-state index contributed by atoms with van der Waals surface area (Å²) >= 11 is 0. The Morgan fingerprint density at radius 2 is 1.95 bits per heavy atom. The number of hydrogen-bond acceptors (Lipinski definition) is 2. The molecule has 0 aliphatic heterocycles. The Morgan fingerprint density at radius 1 is 1.19 bits per heavy atom. The van der Waals surface area contributed by atoms with Gasteiger partial charge in [-0.25, -0.2) is 0 Å². The van der Waals surface area contributed by atoms with E-state index in [1.54, 1.807) is 0 Å². The lowest BCUT2D eigenvalue weighted by molar-refractivity contribution is -0.118. The Morgan fingerprint density at radius 3 is 2.62 bits per heavy atom. The summed E-state index contributed by atoms with van der Waals surface area (Å²) in [7, 11) is 0. The fourth-order valence-corrected chi connectivity index (χ4v) is 2.63. The fourth-order valence-electron chi connectivity index (χ4n) is 2.63. The van der Waals surface area contributed by atoms with Crippen LogP contribution in [0.25, 0.3) is 0 Å². The average Bonchev–Trinajstić information content (AvgIpc) is 3.29. The standard InChI is InChI=1S/C18H20N2O/c1-12-4-2-7-16(10-12)20-17(18(19)21)15-6-3-5-14(11-15)13-8-9-13/h2-7,10-11,13,17,20H,8-9H2,1H3,(H2,19,21). The van der Waals surface area contributed by atoms with E-state index in [0.29, 0.717) is 5.92 Å². The number of carbonyl (C=O) groups is 1. The molecule has 108 valence electrons. The Labute approximate surface area is 125 Å². The Hall–Kier alpha value is -2.29. The average molecular weight is 280 g/mol. The summed E-state index contributed by atoms with van der Waals surface area (Å²) in [6, 6.07) is 15.7. The molecule has 3 rings (SSSR count). The molecule has 1 amide bonds. The van der Waals surface area contributed by atoms with Crippen LogP contribution in [0.3, 0.4) is 0 Å². The van der Waals surface area contributed by atoms with Crippen LogP contribution >= 0.6 is 0 Å². The highest BCUT2D eigenvalue weighted by atomic mass is 16.1. The van der Waals surface area contributed by atoms with E-state index in [0.717, 1.165) is 16.8 Å². The Bertz CT molecular complexity index is 662.